The van der Waals surface area contributed by atoms with Crippen molar-refractivity contribution in [2.75, 3.05) is 12.4 Å². The fourth-order valence-corrected chi connectivity index (χ4v) is 3.17. The second-order valence-corrected chi connectivity index (χ2v) is 6.48. The zero-order chi connectivity index (χ0) is 13.0. The average Bonchev–Trinajstić information content (AvgIpc) is 3.18. The Labute approximate surface area is 120 Å². The lowest BCUT2D eigenvalue weighted by Crippen LogP contribution is -2.15. The van der Waals surface area contributed by atoms with Gasteiger partial charge in [0.25, 0.3) is 0 Å². The van der Waals surface area contributed by atoms with Crippen LogP contribution in [0.15, 0.2) is 27.6 Å². The average molecular weight is 332 g/mol. The van der Waals surface area contributed by atoms with Crippen LogP contribution in [0.1, 0.15) is 18.4 Å². The Morgan fingerprint density at radius 2 is 2.22 bits per heavy atom. The first kappa shape index (κ1) is 14.3. The molecule has 1 aliphatic rings. The van der Waals surface area contributed by atoms with Gasteiger partial charge in [0.2, 0.25) is 0 Å². The molecule has 1 aromatic carbocycles. The molecule has 18 heavy (non-hydrogen) atoms. The van der Waals surface area contributed by atoms with E-state index in [1.807, 2.05) is 0 Å². The molecule has 1 aliphatic carbocycles. The number of thioether (sulfide) groups is 1. The van der Waals surface area contributed by atoms with E-state index in [2.05, 4.69) is 39.4 Å². The van der Waals surface area contributed by atoms with E-state index >= 15 is 0 Å². The first-order chi connectivity index (χ1) is 8.69. The largest absolute Gasteiger partial charge is 0.394 e. The fraction of sp³-hybridized carbons (Fsp3) is 0.538. The molecule has 1 saturated carbocycles. The van der Waals surface area contributed by atoms with Crippen molar-refractivity contribution in [3.05, 3.63) is 28.2 Å². The molecule has 0 bridgehead atoms. The van der Waals surface area contributed by atoms with Gasteiger partial charge in [-0.1, -0.05) is 6.07 Å². The van der Waals surface area contributed by atoms with Gasteiger partial charge in [-0.15, -0.1) is 11.8 Å². The van der Waals surface area contributed by atoms with E-state index < -0.39 is 6.10 Å². The molecule has 0 aliphatic heterocycles. The second kappa shape index (κ2) is 6.91. The minimum Gasteiger partial charge on any atom is -0.394 e. The highest BCUT2D eigenvalue weighted by Gasteiger charge is 2.19. The number of rotatable bonds is 7. The van der Waals surface area contributed by atoms with Crippen LogP contribution in [-0.4, -0.2) is 34.7 Å². The lowest BCUT2D eigenvalue weighted by molar-refractivity contribution is 0.113. The maximum atomic E-state index is 9.32. The normalized spacial score (nSPS) is 16.8. The first-order valence-corrected chi connectivity index (χ1v) is 7.90. The Morgan fingerprint density at radius 1 is 1.44 bits per heavy atom. The molecule has 0 spiro atoms. The molecule has 1 unspecified atom stereocenters. The monoisotopic (exact) mass is 331 g/mol. The number of nitrogens with one attached hydrogen (secondary N) is 1. The van der Waals surface area contributed by atoms with Crippen LogP contribution in [0.3, 0.4) is 0 Å². The number of aliphatic hydroxyl groups excluding tert-OH is 2. The predicted molar refractivity (Wildman–Crippen MR) is 77.8 cm³/mol. The van der Waals surface area contributed by atoms with E-state index in [4.69, 9.17) is 5.11 Å². The summed E-state index contributed by atoms with van der Waals surface area (Å²) in [6, 6.07) is 7.00. The summed E-state index contributed by atoms with van der Waals surface area (Å²) in [6.07, 6.45) is 1.94. The molecule has 0 amide bonds. The molecule has 1 fully saturated rings. The third kappa shape index (κ3) is 4.55. The van der Waals surface area contributed by atoms with Gasteiger partial charge in [0, 0.05) is 27.7 Å². The first-order valence-electron chi connectivity index (χ1n) is 6.12. The summed E-state index contributed by atoms with van der Waals surface area (Å²) in [5.41, 5.74) is 1.26. The van der Waals surface area contributed by atoms with E-state index in [9.17, 15) is 5.11 Å². The molecule has 0 radical (unpaired) electrons. The topological polar surface area (TPSA) is 52.5 Å². The fourth-order valence-electron chi connectivity index (χ4n) is 1.56. The van der Waals surface area contributed by atoms with Crippen LogP contribution < -0.4 is 5.32 Å². The summed E-state index contributed by atoms with van der Waals surface area (Å²) in [6.45, 7) is 0.724. The van der Waals surface area contributed by atoms with E-state index in [-0.39, 0.29) is 6.61 Å². The minimum absolute atomic E-state index is 0.186. The number of halogens is 1. The zero-order valence-corrected chi connectivity index (χ0v) is 12.5. The van der Waals surface area contributed by atoms with E-state index in [1.54, 1.807) is 11.8 Å². The molecule has 0 heterocycles. The number of hydrogen-bond donors (Lipinski definition) is 3. The lowest BCUT2D eigenvalue weighted by Gasteiger charge is -2.10. The molecule has 3 N–H and O–H groups in total. The van der Waals surface area contributed by atoms with E-state index in [0.717, 1.165) is 22.0 Å². The third-order valence-corrected chi connectivity index (χ3v) is 4.95. The van der Waals surface area contributed by atoms with Crippen LogP contribution in [-0.2, 0) is 6.54 Å². The Kier molecular flexibility index (Phi) is 5.51. The van der Waals surface area contributed by atoms with Crippen LogP contribution in [0.2, 0.25) is 0 Å². The molecule has 1 aromatic rings. The summed E-state index contributed by atoms with van der Waals surface area (Å²) in [4.78, 5) is 1.10. The Balaban J connectivity index is 1.87. The molecule has 1 atom stereocenters. The quantitative estimate of drug-likeness (QED) is 0.670. The van der Waals surface area contributed by atoms with Crippen LogP contribution in [0.5, 0.6) is 0 Å². The van der Waals surface area contributed by atoms with Gasteiger partial charge in [-0.2, -0.15) is 0 Å². The van der Waals surface area contributed by atoms with Crippen LogP contribution in [0, 0.1) is 0 Å². The highest BCUT2D eigenvalue weighted by atomic mass is 79.9. The van der Waals surface area contributed by atoms with Gasteiger partial charge in [0.05, 0.1) is 12.7 Å². The molecule has 0 aromatic heterocycles. The van der Waals surface area contributed by atoms with Crippen LogP contribution >= 0.6 is 27.7 Å². The zero-order valence-electron chi connectivity index (χ0n) is 10.1. The van der Waals surface area contributed by atoms with Crippen molar-refractivity contribution in [1.82, 2.24) is 5.32 Å². The van der Waals surface area contributed by atoms with Gasteiger partial charge in [0.1, 0.15) is 0 Å². The summed E-state index contributed by atoms with van der Waals surface area (Å²) in [7, 11) is 0. The van der Waals surface area contributed by atoms with Crippen LogP contribution in [0.25, 0.3) is 0 Å². The van der Waals surface area contributed by atoms with Crippen molar-refractivity contribution in [1.29, 1.82) is 0 Å². The van der Waals surface area contributed by atoms with Gasteiger partial charge >= 0.3 is 0 Å². The Hall–Kier alpha value is -0.0700. The van der Waals surface area contributed by atoms with E-state index in [0.29, 0.717) is 5.75 Å². The molecular weight excluding hydrogens is 314 g/mol. The van der Waals surface area contributed by atoms with Crippen molar-refractivity contribution >= 4 is 27.7 Å². The summed E-state index contributed by atoms with van der Waals surface area (Å²) < 4.78 is 1.05. The Bertz CT molecular complexity index is 399. The molecule has 3 nitrogen and oxygen atoms in total. The summed E-state index contributed by atoms with van der Waals surface area (Å²) >= 11 is 5.10. The highest BCUT2D eigenvalue weighted by Crippen LogP contribution is 2.29. The molecular formula is C13H18BrNO2S. The SMILES string of the molecule is OCC(O)CSc1ccc(CNC2CC2)cc1Br. The van der Waals surface area contributed by atoms with Crippen molar-refractivity contribution < 1.29 is 10.2 Å². The third-order valence-electron chi connectivity index (χ3n) is 2.81. The summed E-state index contributed by atoms with van der Waals surface area (Å²) in [5, 5.41) is 21.6. The maximum Gasteiger partial charge on any atom is 0.0864 e. The molecule has 2 rings (SSSR count). The minimum atomic E-state index is -0.655. The second-order valence-electron chi connectivity index (χ2n) is 4.57. The number of hydrogen-bond acceptors (Lipinski definition) is 4. The maximum absolute atomic E-state index is 9.32. The van der Waals surface area contributed by atoms with Gasteiger partial charge < -0.3 is 15.5 Å². The standard InChI is InChI=1S/C13H18BrNO2S/c14-12-5-9(6-15-10-2-3-10)1-4-13(12)18-8-11(17)7-16/h1,4-5,10-11,15-17H,2-3,6-8H2. The van der Waals surface area contributed by atoms with Crippen molar-refractivity contribution in [3.8, 4) is 0 Å². The predicted octanol–water partition coefficient (Wildman–Crippen LogP) is 2.15. The van der Waals surface area contributed by atoms with Gasteiger partial charge in [-0.3, -0.25) is 0 Å². The van der Waals surface area contributed by atoms with Crippen molar-refractivity contribution in [2.24, 2.45) is 0 Å². The molecule has 5 heteroatoms. The molecule has 0 saturated heterocycles. The highest BCUT2D eigenvalue weighted by molar-refractivity contribution is 9.10. The van der Waals surface area contributed by atoms with Gasteiger partial charge in [0.15, 0.2) is 0 Å². The van der Waals surface area contributed by atoms with E-state index in [1.165, 1.54) is 18.4 Å². The lowest BCUT2D eigenvalue weighted by atomic mass is 10.2. The number of aliphatic hydroxyl groups is 2. The summed E-state index contributed by atoms with van der Waals surface area (Å²) in [5.74, 6) is 0.509. The number of benzene rings is 1. The van der Waals surface area contributed by atoms with Gasteiger partial charge in [-0.05, 0) is 46.5 Å². The molecule has 100 valence electrons. The van der Waals surface area contributed by atoms with Crippen LogP contribution in [0.4, 0.5) is 0 Å². The van der Waals surface area contributed by atoms with Crippen molar-refractivity contribution in [3.63, 3.8) is 0 Å². The Morgan fingerprint density at radius 3 is 2.83 bits per heavy atom. The van der Waals surface area contributed by atoms with Gasteiger partial charge in [-0.25, -0.2) is 0 Å². The van der Waals surface area contributed by atoms with Crippen molar-refractivity contribution in [2.45, 2.75) is 36.4 Å². The smallest absolute Gasteiger partial charge is 0.0864 e.